The summed E-state index contributed by atoms with van der Waals surface area (Å²) in [5.74, 6) is -0.855. The zero-order valence-corrected chi connectivity index (χ0v) is 11.4. The Morgan fingerprint density at radius 2 is 1.94 bits per heavy atom. The second-order valence-corrected chi connectivity index (χ2v) is 5.51. The molecule has 1 fully saturated rings. The van der Waals surface area contributed by atoms with E-state index in [0.717, 1.165) is 0 Å². The number of amides is 1. The smallest absolute Gasteiger partial charge is 0.410 e. The van der Waals surface area contributed by atoms with E-state index >= 15 is 0 Å². The van der Waals surface area contributed by atoms with Gasteiger partial charge in [0.15, 0.2) is 0 Å². The molecule has 2 N–H and O–H groups in total. The maximum Gasteiger partial charge on any atom is 0.410 e. The van der Waals surface area contributed by atoms with Gasteiger partial charge in [0.1, 0.15) is 5.60 Å². The zero-order valence-electron chi connectivity index (χ0n) is 11.4. The maximum atomic E-state index is 11.9. The summed E-state index contributed by atoms with van der Waals surface area (Å²) in [6.07, 6.45) is 0.155. The van der Waals surface area contributed by atoms with E-state index in [1.807, 2.05) is 0 Å². The lowest BCUT2D eigenvalue weighted by atomic mass is 9.93. The molecule has 0 bridgehead atoms. The summed E-state index contributed by atoms with van der Waals surface area (Å²) >= 11 is 0. The minimum atomic E-state index is -0.544. The van der Waals surface area contributed by atoms with Crippen molar-refractivity contribution in [3.05, 3.63) is 0 Å². The van der Waals surface area contributed by atoms with Crippen LogP contribution in [0.1, 0.15) is 27.2 Å². The van der Waals surface area contributed by atoms with Gasteiger partial charge in [-0.25, -0.2) is 4.79 Å². The fraction of sp³-hybridized carbons (Fsp3) is 0.833. The molecule has 6 nitrogen and oxygen atoms in total. The zero-order chi connectivity index (χ0) is 13.9. The lowest BCUT2D eigenvalue weighted by molar-refractivity contribution is -0.147. The van der Waals surface area contributed by atoms with E-state index in [2.05, 4.69) is 0 Å². The molecule has 1 heterocycles. The Bertz CT molecular complexity index is 325. The maximum absolute atomic E-state index is 11.9. The van der Waals surface area contributed by atoms with Crippen molar-refractivity contribution in [3.63, 3.8) is 0 Å². The van der Waals surface area contributed by atoms with Crippen LogP contribution in [0.2, 0.25) is 0 Å². The number of carbonyl (C=O) groups is 2. The van der Waals surface area contributed by atoms with Gasteiger partial charge in [-0.3, -0.25) is 4.79 Å². The van der Waals surface area contributed by atoms with Crippen LogP contribution >= 0.6 is 0 Å². The minimum Gasteiger partial charge on any atom is -0.469 e. The number of esters is 1. The normalized spacial score (nSPS) is 24.6. The Balaban J connectivity index is 2.64. The first kappa shape index (κ1) is 14.8. The first-order chi connectivity index (χ1) is 8.24. The average molecular weight is 258 g/mol. The lowest BCUT2D eigenvalue weighted by Gasteiger charge is -2.36. The van der Waals surface area contributed by atoms with Crippen LogP contribution < -0.4 is 5.73 Å². The molecule has 1 aliphatic rings. The fourth-order valence-corrected chi connectivity index (χ4v) is 1.86. The van der Waals surface area contributed by atoms with Crippen molar-refractivity contribution >= 4 is 12.1 Å². The number of likely N-dealkylation sites (tertiary alicyclic amines) is 1. The number of hydrogen-bond acceptors (Lipinski definition) is 5. The predicted molar refractivity (Wildman–Crippen MR) is 65.9 cm³/mol. The Labute approximate surface area is 107 Å². The van der Waals surface area contributed by atoms with Gasteiger partial charge in [-0.15, -0.1) is 0 Å². The largest absolute Gasteiger partial charge is 0.469 e. The molecule has 6 heteroatoms. The average Bonchev–Trinajstić information content (AvgIpc) is 2.26. The van der Waals surface area contributed by atoms with Gasteiger partial charge >= 0.3 is 12.1 Å². The first-order valence-corrected chi connectivity index (χ1v) is 6.06. The van der Waals surface area contributed by atoms with Gasteiger partial charge < -0.3 is 20.1 Å². The number of carbonyl (C=O) groups excluding carboxylic acids is 2. The molecule has 1 rings (SSSR count). The third-order valence-electron chi connectivity index (χ3n) is 2.82. The van der Waals surface area contributed by atoms with Gasteiger partial charge in [0, 0.05) is 19.1 Å². The van der Waals surface area contributed by atoms with Crippen LogP contribution in [-0.4, -0.2) is 48.8 Å². The van der Waals surface area contributed by atoms with Crippen LogP contribution in [0.4, 0.5) is 4.79 Å². The number of piperidine rings is 1. The van der Waals surface area contributed by atoms with Crippen molar-refractivity contribution in [1.29, 1.82) is 0 Å². The second-order valence-electron chi connectivity index (χ2n) is 5.51. The van der Waals surface area contributed by atoms with Crippen molar-refractivity contribution in [1.82, 2.24) is 4.90 Å². The van der Waals surface area contributed by atoms with Crippen LogP contribution in [0.15, 0.2) is 0 Å². The fourth-order valence-electron chi connectivity index (χ4n) is 1.86. The van der Waals surface area contributed by atoms with Crippen LogP contribution in [0.3, 0.4) is 0 Å². The molecule has 0 aromatic carbocycles. The molecule has 0 aliphatic carbocycles. The monoisotopic (exact) mass is 258 g/mol. The van der Waals surface area contributed by atoms with E-state index < -0.39 is 17.6 Å². The molecule has 18 heavy (non-hydrogen) atoms. The van der Waals surface area contributed by atoms with Crippen LogP contribution in [0.5, 0.6) is 0 Å². The van der Waals surface area contributed by atoms with Crippen molar-refractivity contribution in [2.75, 3.05) is 20.2 Å². The third kappa shape index (κ3) is 3.87. The molecule has 2 atom stereocenters. The minimum absolute atomic E-state index is 0.253. The van der Waals surface area contributed by atoms with Gasteiger partial charge in [-0.2, -0.15) is 0 Å². The molecule has 1 aliphatic heterocycles. The Morgan fingerprint density at radius 3 is 2.44 bits per heavy atom. The summed E-state index contributed by atoms with van der Waals surface area (Å²) in [7, 11) is 1.32. The van der Waals surface area contributed by atoms with Gasteiger partial charge in [-0.05, 0) is 27.2 Å². The Hall–Kier alpha value is -1.30. The summed E-state index contributed by atoms with van der Waals surface area (Å²) in [6, 6.07) is -0.267. The van der Waals surface area contributed by atoms with Crippen molar-refractivity contribution in [2.45, 2.75) is 38.8 Å². The van der Waals surface area contributed by atoms with Gasteiger partial charge in [0.05, 0.1) is 13.0 Å². The highest BCUT2D eigenvalue weighted by Crippen LogP contribution is 2.19. The van der Waals surface area contributed by atoms with Crippen molar-refractivity contribution in [3.8, 4) is 0 Å². The second kappa shape index (κ2) is 5.56. The summed E-state index contributed by atoms with van der Waals surface area (Å²) in [5, 5.41) is 0. The molecule has 104 valence electrons. The highest BCUT2D eigenvalue weighted by atomic mass is 16.6. The number of hydrogen-bond donors (Lipinski definition) is 1. The highest BCUT2D eigenvalue weighted by molar-refractivity contribution is 5.75. The summed E-state index contributed by atoms with van der Waals surface area (Å²) in [5.41, 5.74) is 5.32. The molecule has 1 amide bonds. The molecular formula is C12H22N2O4. The summed E-state index contributed by atoms with van der Waals surface area (Å²) in [6.45, 7) is 6.17. The molecule has 0 radical (unpaired) electrons. The molecule has 0 spiro atoms. The van der Waals surface area contributed by atoms with Crippen molar-refractivity contribution in [2.24, 2.45) is 11.7 Å². The molecule has 0 aromatic heterocycles. The summed E-state index contributed by atoms with van der Waals surface area (Å²) in [4.78, 5) is 24.9. The Morgan fingerprint density at radius 1 is 1.33 bits per heavy atom. The Kier molecular flexibility index (Phi) is 4.56. The predicted octanol–water partition coefficient (Wildman–Crippen LogP) is 0.744. The van der Waals surface area contributed by atoms with Gasteiger partial charge in [0.25, 0.3) is 0 Å². The molecule has 0 aromatic rings. The number of nitrogens with zero attached hydrogens (tertiary/aromatic N) is 1. The number of ether oxygens (including phenoxy) is 2. The van der Waals surface area contributed by atoms with Crippen LogP contribution in [0.25, 0.3) is 0 Å². The molecular weight excluding hydrogens is 236 g/mol. The molecule has 0 saturated carbocycles. The van der Waals surface area contributed by atoms with E-state index in [1.54, 1.807) is 20.8 Å². The van der Waals surface area contributed by atoms with E-state index in [1.165, 1.54) is 12.0 Å². The van der Waals surface area contributed by atoms with Crippen LogP contribution in [0, 0.1) is 5.92 Å². The van der Waals surface area contributed by atoms with E-state index in [0.29, 0.717) is 13.0 Å². The molecule has 0 unspecified atom stereocenters. The van der Waals surface area contributed by atoms with Gasteiger partial charge in [0.2, 0.25) is 0 Å². The highest BCUT2D eigenvalue weighted by Gasteiger charge is 2.36. The summed E-state index contributed by atoms with van der Waals surface area (Å²) < 4.78 is 9.96. The molecule has 1 saturated heterocycles. The van der Waals surface area contributed by atoms with Crippen LogP contribution in [-0.2, 0) is 14.3 Å². The van der Waals surface area contributed by atoms with E-state index in [-0.39, 0.29) is 18.6 Å². The van der Waals surface area contributed by atoms with E-state index in [9.17, 15) is 9.59 Å². The van der Waals surface area contributed by atoms with Crippen molar-refractivity contribution < 1.29 is 19.1 Å². The van der Waals surface area contributed by atoms with Gasteiger partial charge in [-0.1, -0.05) is 0 Å². The first-order valence-electron chi connectivity index (χ1n) is 6.06. The number of nitrogens with two attached hydrogens (primary N) is 1. The topological polar surface area (TPSA) is 81.9 Å². The van der Waals surface area contributed by atoms with E-state index in [4.69, 9.17) is 15.2 Å². The third-order valence-corrected chi connectivity index (χ3v) is 2.82. The number of rotatable bonds is 1. The number of methoxy groups -OCH3 is 1. The lowest BCUT2D eigenvalue weighted by Crippen LogP contribution is -2.53. The standard InChI is InChI=1S/C12H22N2O4/c1-12(2,3)18-11(16)14-6-5-9(13)8(7-14)10(15)17-4/h8-9H,5-7,13H2,1-4H3/t8-,9+/m1/s1. The quantitative estimate of drug-likeness (QED) is 0.702. The SMILES string of the molecule is COC(=O)[C@@H]1CN(C(=O)OC(C)(C)C)CC[C@@H]1N.